The highest BCUT2D eigenvalue weighted by Crippen LogP contribution is 2.24. The van der Waals surface area contributed by atoms with Crippen LogP contribution in [0.25, 0.3) is 28.2 Å². The molecule has 1 aliphatic rings. The van der Waals surface area contributed by atoms with Crippen LogP contribution in [0.5, 0.6) is 0 Å². The van der Waals surface area contributed by atoms with Crippen LogP contribution in [0.1, 0.15) is 10.5 Å². The van der Waals surface area contributed by atoms with E-state index in [-0.39, 0.29) is 12.3 Å². The molecule has 1 aliphatic heterocycles. The van der Waals surface area contributed by atoms with Crippen LogP contribution in [0.15, 0.2) is 67.5 Å². The second-order valence-electron chi connectivity index (χ2n) is 8.02. The molecule has 0 spiro atoms. The molecule has 0 unspecified atom stereocenters. The largest absolute Gasteiger partial charge is 0.378 e. The zero-order valence-corrected chi connectivity index (χ0v) is 18.7. The predicted octanol–water partition coefficient (Wildman–Crippen LogP) is 2.19. The average Bonchev–Trinajstić information content (AvgIpc) is 3.58. The third kappa shape index (κ3) is 4.13. The summed E-state index contributed by atoms with van der Waals surface area (Å²) in [7, 11) is 0. The van der Waals surface area contributed by atoms with Gasteiger partial charge in [0.2, 0.25) is 11.7 Å². The molecule has 1 saturated heterocycles. The minimum absolute atomic E-state index is 0.0621. The van der Waals surface area contributed by atoms with Crippen molar-refractivity contribution in [1.29, 1.82) is 0 Å². The Bertz CT molecular complexity index is 1480. The molecule has 11 nitrogen and oxygen atoms in total. The minimum atomic E-state index is -0.129. The van der Waals surface area contributed by atoms with Gasteiger partial charge in [0.25, 0.3) is 0 Å². The van der Waals surface area contributed by atoms with Crippen molar-refractivity contribution in [1.82, 2.24) is 39.3 Å². The number of hydrogen-bond acceptors (Lipinski definition) is 9. The van der Waals surface area contributed by atoms with Gasteiger partial charge < -0.3 is 14.2 Å². The average molecular weight is 467 g/mol. The van der Waals surface area contributed by atoms with E-state index in [1.165, 1.54) is 0 Å². The molecular formula is C24H21N9O2. The zero-order chi connectivity index (χ0) is 23.6. The Hall–Kier alpha value is -4.51. The molecule has 5 aromatic rings. The first kappa shape index (κ1) is 21.1. The number of fused-ring (bicyclic) bond motifs is 1. The van der Waals surface area contributed by atoms with Gasteiger partial charge in [-0.05, 0) is 30.3 Å². The van der Waals surface area contributed by atoms with Crippen LogP contribution in [-0.2, 0) is 11.3 Å². The summed E-state index contributed by atoms with van der Waals surface area (Å²) in [5, 5.41) is 4.72. The molecule has 0 aromatic carbocycles. The standard InChI is InChI=1S/C24H21N9O2/c34-20(19-5-1-2-8-26-19)15-32-16-27-21-22(32)28-24(31-10-12-35-13-11-31)29-23(21)33-9-6-18(30-33)17-4-3-7-25-14-17/h1-9,14,16H,10-13,15H2. The maximum atomic E-state index is 12.9. The summed E-state index contributed by atoms with van der Waals surface area (Å²) in [6.07, 6.45) is 8.54. The summed E-state index contributed by atoms with van der Waals surface area (Å²) in [6.45, 7) is 2.60. The molecule has 0 aliphatic carbocycles. The van der Waals surface area contributed by atoms with E-state index in [1.807, 2.05) is 24.4 Å². The Morgan fingerprint density at radius 2 is 1.91 bits per heavy atom. The first-order valence-corrected chi connectivity index (χ1v) is 11.2. The topological polar surface area (TPSA) is 117 Å². The van der Waals surface area contributed by atoms with Crippen molar-refractivity contribution in [2.75, 3.05) is 31.2 Å². The van der Waals surface area contributed by atoms with Gasteiger partial charge in [0, 0.05) is 43.4 Å². The Morgan fingerprint density at radius 1 is 1.00 bits per heavy atom. The van der Waals surface area contributed by atoms with Crippen LogP contribution in [0.4, 0.5) is 5.95 Å². The molecule has 0 atom stereocenters. The third-order valence-electron chi connectivity index (χ3n) is 5.76. The molecule has 0 saturated carbocycles. The quantitative estimate of drug-likeness (QED) is 0.346. The first-order valence-electron chi connectivity index (χ1n) is 11.2. The molecule has 35 heavy (non-hydrogen) atoms. The third-order valence-corrected chi connectivity index (χ3v) is 5.76. The number of aromatic nitrogens is 8. The lowest BCUT2D eigenvalue weighted by Gasteiger charge is -2.27. The normalized spacial score (nSPS) is 13.9. The highest BCUT2D eigenvalue weighted by molar-refractivity contribution is 5.95. The highest BCUT2D eigenvalue weighted by Gasteiger charge is 2.22. The van der Waals surface area contributed by atoms with Crippen molar-refractivity contribution in [3.63, 3.8) is 0 Å². The van der Waals surface area contributed by atoms with Gasteiger partial charge in [0.05, 0.1) is 31.8 Å². The molecule has 0 radical (unpaired) electrons. The first-order chi connectivity index (χ1) is 17.3. The van der Waals surface area contributed by atoms with Crippen molar-refractivity contribution in [2.24, 2.45) is 0 Å². The van der Waals surface area contributed by atoms with Gasteiger partial charge in [-0.15, -0.1) is 0 Å². The number of pyridine rings is 2. The fraction of sp³-hybridized carbons (Fsp3) is 0.208. The van der Waals surface area contributed by atoms with Gasteiger partial charge in [0.1, 0.15) is 5.69 Å². The smallest absolute Gasteiger partial charge is 0.229 e. The van der Waals surface area contributed by atoms with Gasteiger partial charge in [-0.1, -0.05) is 6.07 Å². The number of hydrogen-bond donors (Lipinski definition) is 0. The summed E-state index contributed by atoms with van der Waals surface area (Å²) >= 11 is 0. The van der Waals surface area contributed by atoms with Crippen molar-refractivity contribution >= 4 is 22.9 Å². The SMILES string of the molecule is O=C(Cn1cnc2c(-n3ccc(-c4cccnc4)n3)nc(N3CCOCC3)nc21)c1ccccn1. The van der Waals surface area contributed by atoms with E-state index in [1.54, 1.807) is 52.4 Å². The molecule has 5 aromatic heterocycles. The second kappa shape index (κ2) is 9.03. The number of ketones is 1. The Morgan fingerprint density at radius 3 is 2.71 bits per heavy atom. The summed E-state index contributed by atoms with van der Waals surface area (Å²) < 4.78 is 8.91. The van der Waals surface area contributed by atoms with Gasteiger partial charge >= 0.3 is 0 Å². The fourth-order valence-corrected chi connectivity index (χ4v) is 3.97. The van der Waals surface area contributed by atoms with Gasteiger partial charge in [-0.25, -0.2) is 9.67 Å². The van der Waals surface area contributed by atoms with E-state index in [4.69, 9.17) is 19.8 Å². The number of anilines is 1. The van der Waals surface area contributed by atoms with E-state index < -0.39 is 0 Å². The van der Waals surface area contributed by atoms with Crippen molar-refractivity contribution in [3.05, 3.63) is 73.2 Å². The maximum absolute atomic E-state index is 12.9. The number of ether oxygens (including phenoxy) is 1. The zero-order valence-electron chi connectivity index (χ0n) is 18.7. The Labute approximate surface area is 200 Å². The molecule has 11 heteroatoms. The lowest BCUT2D eigenvalue weighted by atomic mass is 10.2. The van der Waals surface area contributed by atoms with Crippen LogP contribution < -0.4 is 4.90 Å². The van der Waals surface area contributed by atoms with E-state index in [9.17, 15) is 4.79 Å². The summed E-state index contributed by atoms with van der Waals surface area (Å²) in [5.74, 6) is 0.952. The van der Waals surface area contributed by atoms with Crippen LogP contribution in [0.3, 0.4) is 0 Å². The number of imidazole rings is 1. The Kier molecular flexibility index (Phi) is 5.43. The lowest BCUT2D eigenvalue weighted by Crippen LogP contribution is -2.37. The van der Waals surface area contributed by atoms with E-state index in [0.717, 1.165) is 11.3 Å². The van der Waals surface area contributed by atoms with Gasteiger partial charge in [-0.2, -0.15) is 15.1 Å². The summed E-state index contributed by atoms with van der Waals surface area (Å²) in [6, 6.07) is 11.0. The fourth-order valence-electron chi connectivity index (χ4n) is 3.97. The van der Waals surface area contributed by atoms with Gasteiger partial charge in [0.15, 0.2) is 17.0 Å². The molecule has 0 bridgehead atoms. The van der Waals surface area contributed by atoms with Gasteiger partial charge in [-0.3, -0.25) is 14.8 Å². The van der Waals surface area contributed by atoms with Crippen LogP contribution >= 0.6 is 0 Å². The van der Waals surface area contributed by atoms with Crippen LogP contribution in [-0.4, -0.2) is 71.4 Å². The molecule has 6 heterocycles. The number of nitrogens with zero attached hydrogens (tertiary/aromatic N) is 9. The lowest BCUT2D eigenvalue weighted by molar-refractivity contribution is 0.0968. The summed E-state index contributed by atoms with van der Waals surface area (Å²) in [5.41, 5.74) is 3.17. The van der Waals surface area contributed by atoms with Crippen molar-refractivity contribution in [3.8, 4) is 17.1 Å². The summed E-state index contributed by atoms with van der Waals surface area (Å²) in [4.78, 5) is 37.4. The highest BCUT2D eigenvalue weighted by atomic mass is 16.5. The molecule has 1 fully saturated rings. The molecule has 0 N–H and O–H groups in total. The predicted molar refractivity (Wildman–Crippen MR) is 127 cm³/mol. The van der Waals surface area contributed by atoms with E-state index in [0.29, 0.717) is 54.9 Å². The maximum Gasteiger partial charge on any atom is 0.229 e. The molecular weight excluding hydrogens is 446 g/mol. The molecule has 174 valence electrons. The van der Waals surface area contributed by atoms with E-state index in [2.05, 4.69) is 19.9 Å². The van der Waals surface area contributed by atoms with Crippen molar-refractivity contribution < 1.29 is 9.53 Å². The number of Topliss-reactive ketones (excluding diaryl/α,β-unsaturated/α-hetero) is 1. The van der Waals surface area contributed by atoms with Crippen LogP contribution in [0.2, 0.25) is 0 Å². The number of morpholine rings is 1. The van der Waals surface area contributed by atoms with Crippen molar-refractivity contribution in [2.45, 2.75) is 6.54 Å². The minimum Gasteiger partial charge on any atom is -0.378 e. The number of carbonyl (C=O) groups is 1. The monoisotopic (exact) mass is 467 g/mol. The molecule has 0 amide bonds. The number of rotatable bonds is 6. The Balaban J connectivity index is 1.44. The molecule has 6 rings (SSSR count). The number of carbonyl (C=O) groups excluding carboxylic acids is 1. The van der Waals surface area contributed by atoms with E-state index >= 15 is 0 Å². The second-order valence-corrected chi connectivity index (χ2v) is 8.02. The van der Waals surface area contributed by atoms with Crippen LogP contribution in [0, 0.1) is 0 Å².